The molecule has 1 fully saturated rings. The number of nitrogens with one attached hydrogen (secondary N) is 3. The van der Waals surface area contributed by atoms with Gasteiger partial charge in [-0.15, -0.1) is 34.2 Å². The van der Waals surface area contributed by atoms with Crippen molar-refractivity contribution in [3.8, 4) is 0 Å². The number of rotatable bonds is 11. The highest BCUT2D eigenvalue weighted by Gasteiger charge is 2.17. The van der Waals surface area contributed by atoms with Gasteiger partial charge in [-0.2, -0.15) is 0 Å². The average Bonchev–Trinajstić information content (AvgIpc) is 3.15. The third kappa shape index (κ3) is 10.0. The Morgan fingerprint density at radius 3 is 2.86 bits per heavy atom. The lowest BCUT2D eigenvalue weighted by atomic mass is 10.1. The minimum Gasteiger partial charge on any atom is -0.377 e. The van der Waals surface area contributed by atoms with Gasteiger partial charge in [-0.1, -0.05) is 6.92 Å². The summed E-state index contributed by atoms with van der Waals surface area (Å²) in [4.78, 5) is 4.36. The van der Waals surface area contributed by atoms with Crippen LogP contribution in [-0.4, -0.2) is 73.8 Å². The van der Waals surface area contributed by atoms with Crippen molar-refractivity contribution < 1.29 is 13.2 Å². The van der Waals surface area contributed by atoms with Gasteiger partial charge < -0.3 is 19.9 Å². The van der Waals surface area contributed by atoms with Gasteiger partial charge in [-0.05, 0) is 26.2 Å². The Bertz CT molecular complexity index is 706. The second kappa shape index (κ2) is 14.1. The topological polar surface area (TPSA) is 123 Å². The van der Waals surface area contributed by atoms with Crippen molar-refractivity contribution in [1.82, 2.24) is 30.1 Å². The second-order valence-electron chi connectivity index (χ2n) is 6.64. The molecule has 2 heterocycles. The van der Waals surface area contributed by atoms with E-state index in [1.54, 1.807) is 6.33 Å². The Kier molecular flexibility index (Phi) is 12.7. The molecule has 0 saturated carbocycles. The SMILES string of the molecule is CCNC(=NCCS(=O)(=O)NCC1CCCCO1)NCCn1cnnc1CC.I. The van der Waals surface area contributed by atoms with E-state index in [2.05, 4.69) is 30.5 Å². The van der Waals surface area contributed by atoms with Gasteiger partial charge in [0, 0.05) is 39.2 Å². The van der Waals surface area contributed by atoms with Crippen LogP contribution in [0.5, 0.6) is 0 Å². The standard InChI is InChI=1S/C17H33N7O3S.HI/c1-3-16-23-21-14-24(16)10-8-19-17(18-4-2)20-9-12-28(25,26)22-13-15-7-5-6-11-27-15;/h14-15,22H,3-13H2,1-2H3,(H2,18,19,20);1H. The summed E-state index contributed by atoms with van der Waals surface area (Å²) in [5.41, 5.74) is 0. The Morgan fingerprint density at radius 2 is 2.17 bits per heavy atom. The summed E-state index contributed by atoms with van der Waals surface area (Å²) in [6.07, 6.45) is 5.56. The van der Waals surface area contributed by atoms with Gasteiger partial charge in [-0.25, -0.2) is 13.1 Å². The number of aromatic nitrogens is 3. The van der Waals surface area contributed by atoms with Crippen molar-refractivity contribution in [2.24, 2.45) is 4.99 Å². The molecule has 12 heteroatoms. The van der Waals surface area contributed by atoms with Gasteiger partial charge in [0.1, 0.15) is 12.2 Å². The average molecular weight is 543 g/mol. The third-order valence-electron chi connectivity index (χ3n) is 4.44. The molecule has 1 aromatic rings. The maximum atomic E-state index is 12.2. The molecule has 1 saturated heterocycles. The molecule has 2 rings (SSSR count). The van der Waals surface area contributed by atoms with E-state index in [0.717, 1.165) is 31.5 Å². The fourth-order valence-electron chi connectivity index (χ4n) is 2.91. The fourth-order valence-corrected chi connectivity index (χ4v) is 3.83. The largest absolute Gasteiger partial charge is 0.377 e. The number of halogens is 1. The molecule has 0 bridgehead atoms. The quantitative estimate of drug-likeness (QED) is 0.211. The first-order valence-corrected chi connectivity index (χ1v) is 11.7. The van der Waals surface area contributed by atoms with Gasteiger partial charge in [0.25, 0.3) is 0 Å². The minimum absolute atomic E-state index is 0. The Morgan fingerprint density at radius 1 is 1.34 bits per heavy atom. The number of aryl methyl sites for hydroxylation is 1. The zero-order valence-corrected chi connectivity index (χ0v) is 20.4. The van der Waals surface area contributed by atoms with Crippen LogP contribution in [0.1, 0.15) is 38.9 Å². The molecule has 0 radical (unpaired) electrons. The van der Waals surface area contributed by atoms with Gasteiger partial charge in [0.2, 0.25) is 10.0 Å². The van der Waals surface area contributed by atoms with Crippen LogP contribution >= 0.6 is 24.0 Å². The van der Waals surface area contributed by atoms with Crippen molar-refractivity contribution in [1.29, 1.82) is 0 Å². The number of hydrogen-bond acceptors (Lipinski definition) is 6. The van der Waals surface area contributed by atoms with Crippen molar-refractivity contribution in [3.05, 3.63) is 12.2 Å². The third-order valence-corrected chi connectivity index (χ3v) is 5.76. The molecule has 0 spiro atoms. The number of ether oxygens (including phenoxy) is 1. The molecular formula is C17H34IN7O3S. The van der Waals surface area contributed by atoms with Crippen molar-refractivity contribution in [3.63, 3.8) is 0 Å². The van der Waals surface area contributed by atoms with E-state index in [9.17, 15) is 8.42 Å². The summed E-state index contributed by atoms with van der Waals surface area (Å²) in [6.45, 7) is 7.28. The molecule has 1 aromatic heterocycles. The summed E-state index contributed by atoms with van der Waals surface area (Å²) in [5.74, 6) is 1.48. The van der Waals surface area contributed by atoms with E-state index in [0.29, 0.717) is 38.7 Å². The highest BCUT2D eigenvalue weighted by Crippen LogP contribution is 2.11. The fraction of sp³-hybridized carbons (Fsp3) is 0.824. The van der Waals surface area contributed by atoms with E-state index < -0.39 is 10.0 Å². The zero-order valence-electron chi connectivity index (χ0n) is 17.3. The monoisotopic (exact) mass is 543 g/mol. The first-order valence-electron chi connectivity index (χ1n) is 10.0. The van der Waals surface area contributed by atoms with Gasteiger partial charge in [-0.3, -0.25) is 4.99 Å². The second-order valence-corrected chi connectivity index (χ2v) is 8.56. The lowest BCUT2D eigenvalue weighted by Crippen LogP contribution is -2.40. The van der Waals surface area contributed by atoms with Crippen LogP contribution in [-0.2, 0) is 27.7 Å². The number of sulfonamides is 1. The number of nitrogens with zero attached hydrogens (tertiary/aromatic N) is 4. The molecule has 10 nitrogen and oxygen atoms in total. The first kappa shape index (κ1) is 26.0. The van der Waals surface area contributed by atoms with Crippen molar-refractivity contribution >= 4 is 40.0 Å². The highest BCUT2D eigenvalue weighted by molar-refractivity contribution is 14.0. The Balaban J connectivity index is 0.00000420. The van der Waals surface area contributed by atoms with Crippen LogP contribution in [0.3, 0.4) is 0 Å². The van der Waals surface area contributed by atoms with Crippen molar-refractivity contribution in [2.75, 3.05) is 38.5 Å². The van der Waals surface area contributed by atoms with Gasteiger partial charge in [0.15, 0.2) is 5.96 Å². The maximum absolute atomic E-state index is 12.2. The molecule has 1 unspecified atom stereocenters. The highest BCUT2D eigenvalue weighted by atomic mass is 127. The maximum Gasteiger partial charge on any atom is 0.213 e. The van der Waals surface area contributed by atoms with Gasteiger partial charge in [0.05, 0.1) is 18.4 Å². The summed E-state index contributed by atoms with van der Waals surface area (Å²) in [7, 11) is -3.37. The molecular weight excluding hydrogens is 509 g/mol. The van der Waals surface area contributed by atoms with E-state index in [1.165, 1.54) is 0 Å². The molecule has 168 valence electrons. The van der Waals surface area contributed by atoms with Crippen LogP contribution < -0.4 is 15.4 Å². The molecule has 3 N–H and O–H groups in total. The van der Waals surface area contributed by atoms with Gasteiger partial charge >= 0.3 is 0 Å². The molecule has 0 aliphatic carbocycles. The van der Waals surface area contributed by atoms with Crippen LogP contribution in [0.15, 0.2) is 11.3 Å². The van der Waals surface area contributed by atoms with E-state index in [-0.39, 0.29) is 42.4 Å². The Labute approximate surface area is 190 Å². The molecule has 0 amide bonds. The molecule has 1 atom stereocenters. The number of guanidine groups is 1. The summed E-state index contributed by atoms with van der Waals surface area (Å²) in [6, 6.07) is 0. The van der Waals surface area contributed by atoms with Crippen molar-refractivity contribution in [2.45, 2.75) is 52.2 Å². The number of hydrogen-bond donors (Lipinski definition) is 3. The zero-order chi connectivity index (χ0) is 20.2. The van der Waals surface area contributed by atoms with Crippen LogP contribution in [0.2, 0.25) is 0 Å². The van der Waals surface area contributed by atoms with Crippen LogP contribution in [0.4, 0.5) is 0 Å². The minimum atomic E-state index is -3.37. The summed E-state index contributed by atoms with van der Waals surface area (Å²) in [5, 5.41) is 14.3. The molecule has 1 aliphatic heterocycles. The Hall–Kier alpha value is -0.990. The van der Waals surface area contributed by atoms with Crippen LogP contribution in [0.25, 0.3) is 0 Å². The van der Waals surface area contributed by atoms with E-state index >= 15 is 0 Å². The van der Waals surface area contributed by atoms with Crippen LogP contribution in [0, 0.1) is 0 Å². The summed E-state index contributed by atoms with van der Waals surface area (Å²) < 4.78 is 34.5. The van der Waals surface area contributed by atoms with E-state index in [1.807, 2.05) is 18.4 Å². The molecule has 0 aromatic carbocycles. The smallest absolute Gasteiger partial charge is 0.213 e. The summed E-state index contributed by atoms with van der Waals surface area (Å²) >= 11 is 0. The van der Waals surface area contributed by atoms with E-state index in [4.69, 9.17) is 4.74 Å². The molecule has 1 aliphatic rings. The predicted octanol–water partition coefficient (Wildman–Crippen LogP) is 0.502. The number of aliphatic imine (C=N–C) groups is 1. The predicted molar refractivity (Wildman–Crippen MR) is 124 cm³/mol. The lowest BCUT2D eigenvalue weighted by molar-refractivity contribution is 0.0200. The lowest BCUT2D eigenvalue weighted by Gasteiger charge is -2.22. The molecule has 29 heavy (non-hydrogen) atoms. The first-order chi connectivity index (χ1) is 13.5. The normalized spacial score (nSPS) is 17.6.